The average Bonchev–Trinajstić information content (AvgIpc) is 3.27. The Hall–Kier alpha value is -2.54. The number of halogens is 1. The van der Waals surface area contributed by atoms with Crippen molar-refractivity contribution >= 4 is 29.2 Å². The van der Waals surface area contributed by atoms with Crippen LogP contribution in [-0.4, -0.2) is 48.8 Å². The number of para-hydroxylation sites is 1. The Morgan fingerprint density at radius 1 is 1.14 bits per heavy atom. The highest BCUT2D eigenvalue weighted by atomic mass is 35.5. The van der Waals surface area contributed by atoms with Gasteiger partial charge in [0, 0.05) is 44.9 Å². The summed E-state index contributed by atoms with van der Waals surface area (Å²) in [6.45, 7) is 8.34. The fourth-order valence-electron chi connectivity index (χ4n) is 5.15. The van der Waals surface area contributed by atoms with Crippen molar-refractivity contribution < 1.29 is 14.3 Å². The Bertz CT molecular complexity index is 1150. The molecule has 0 aliphatic carbocycles. The number of ether oxygens (including phenoxy) is 2. The molecule has 2 aromatic carbocycles. The van der Waals surface area contributed by atoms with Crippen LogP contribution in [0.3, 0.4) is 0 Å². The van der Waals surface area contributed by atoms with Gasteiger partial charge in [0.2, 0.25) is 0 Å². The summed E-state index contributed by atoms with van der Waals surface area (Å²) in [5.74, 6) is 1.45. The van der Waals surface area contributed by atoms with Gasteiger partial charge in [0.15, 0.2) is 0 Å². The predicted molar refractivity (Wildman–Crippen MR) is 148 cm³/mol. The van der Waals surface area contributed by atoms with E-state index in [1.54, 1.807) is 7.11 Å². The standard InChI is InChI=1S/C29H39N3O3.ClH/c1-4-5-16-35-27-10-9-22(19-30)18-25(27)23-11-13-31(14-12-23)29(33)26-20-32(15-17-34-3)28-21(2)7-6-8-24(26)28;/h6-10,18,20,23H,4-5,11-17,19,30H2,1-3H3;1H. The number of benzene rings is 2. The quantitative estimate of drug-likeness (QED) is 0.354. The topological polar surface area (TPSA) is 69.7 Å². The van der Waals surface area contributed by atoms with Crippen molar-refractivity contribution in [2.45, 2.75) is 58.5 Å². The summed E-state index contributed by atoms with van der Waals surface area (Å²) in [5.41, 5.74) is 11.4. The summed E-state index contributed by atoms with van der Waals surface area (Å²) < 4.78 is 13.6. The molecule has 1 aromatic heterocycles. The van der Waals surface area contributed by atoms with E-state index in [-0.39, 0.29) is 18.3 Å². The summed E-state index contributed by atoms with van der Waals surface area (Å²) in [4.78, 5) is 15.6. The van der Waals surface area contributed by atoms with Crippen molar-refractivity contribution in [3.8, 4) is 5.75 Å². The second-order valence-corrected chi connectivity index (χ2v) is 9.54. The highest BCUT2D eigenvalue weighted by Crippen LogP contribution is 2.36. The van der Waals surface area contributed by atoms with Gasteiger partial charge in [-0.05, 0) is 54.9 Å². The molecule has 7 heteroatoms. The molecule has 2 heterocycles. The van der Waals surface area contributed by atoms with Crippen molar-refractivity contribution in [3.05, 3.63) is 64.8 Å². The molecule has 6 nitrogen and oxygen atoms in total. The number of amides is 1. The van der Waals surface area contributed by atoms with E-state index in [1.807, 2.05) is 17.2 Å². The van der Waals surface area contributed by atoms with Crippen LogP contribution in [-0.2, 0) is 17.8 Å². The molecule has 0 bridgehead atoms. The number of aryl methyl sites for hydroxylation is 1. The van der Waals surface area contributed by atoms with E-state index < -0.39 is 0 Å². The lowest BCUT2D eigenvalue weighted by molar-refractivity contribution is 0.0714. The van der Waals surface area contributed by atoms with Crippen LogP contribution < -0.4 is 10.5 Å². The summed E-state index contributed by atoms with van der Waals surface area (Å²) in [5, 5.41) is 1.02. The van der Waals surface area contributed by atoms with Crippen molar-refractivity contribution in [2.24, 2.45) is 5.73 Å². The second-order valence-electron chi connectivity index (χ2n) is 9.54. The molecule has 1 saturated heterocycles. The Morgan fingerprint density at radius 2 is 1.92 bits per heavy atom. The molecule has 1 amide bonds. The number of likely N-dealkylation sites (tertiary alicyclic amines) is 1. The smallest absolute Gasteiger partial charge is 0.256 e. The van der Waals surface area contributed by atoms with Gasteiger partial charge >= 0.3 is 0 Å². The summed E-state index contributed by atoms with van der Waals surface area (Å²) in [7, 11) is 1.71. The third-order valence-electron chi connectivity index (χ3n) is 7.15. The molecule has 0 atom stereocenters. The zero-order valence-corrected chi connectivity index (χ0v) is 22.6. The van der Waals surface area contributed by atoms with Gasteiger partial charge in [0.05, 0.1) is 24.3 Å². The molecule has 2 N–H and O–H groups in total. The number of unbranched alkanes of at least 4 members (excludes halogenated alkanes) is 1. The van der Waals surface area contributed by atoms with Crippen LogP contribution >= 0.6 is 12.4 Å². The minimum Gasteiger partial charge on any atom is -0.493 e. The first-order chi connectivity index (χ1) is 17.1. The minimum atomic E-state index is 0. The number of hydrogen-bond donors (Lipinski definition) is 1. The monoisotopic (exact) mass is 513 g/mol. The van der Waals surface area contributed by atoms with Crippen LogP contribution in [0.5, 0.6) is 5.75 Å². The molecule has 1 fully saturated rings. The van der Waals surface area contributed by atoms with Gasteiger partial charge in [0.1, 0.15) is 5.75 Å². The molecule has 0 radical (unpaired) electrons. The number of nitrogens with zero attached hydrogens (tertiary/aromatic N) is 2. The van der Waals surface area contributed by atoms with Gasteiger partial charge in [-0.25, -0.2) is 0 Å². The molecule has 0 saturated carbocycles. The van der Waals surface area contributed by atoms with E-state index in [2.05, 4.69) is 48.7 Å². The van der Waals surface area contributed by atoms with Crippen molar-refractivity contribution in [3.63, 3.8) is 0 Å². The molecule has 1 aliphatic rings. The Labute approximate surface area is 221 Å². The number of carbonyl (C=O) groups excluding carboxylic acids is 1. The van der Waals surface area contributed by atoms with Crippen LogP contribution in [0.2, 0.25) is 0 Å². The number of aromatic nitrogens is 1. The third-order valence-corrected chi connectivity index (χ3v) is 7.15. The lowest BCUT2D eigenvalue weighted by Crippen LogP contribution is -2.38. The van der Waals surface area contributed by atoms with E-state index in [4.69, 9.17) is 15.2 Å². The largest absolute Gasteiger partial charge is 0.493 e. The molecule has 196 valence electrons. The van der Waals surface area contributed by atoms with Gasteiger partial charge in [-0.2, -0.15) is 0 Å². The number of rotatable bonds is 10. The highest BCUT2D eigenvalue weighted by molar-refractivity contribution is 6.07. The Kier molecular flexibility index (Phi) is 10.2. The SMILES string of the molecule is CCCCOc1ccc(CN)cc1C1CCN(C(=O)c2cn(CCOC)c3c(C)cccc23)CC1.Cl. The van der Waals surface area contributed by atoms with Crippen molar-refractivity contribution in [1.29, 1.82) is 0 Å². The summed E-state index contributed by atoms with van der Waals surface area (Å²) >= 11 is 0. The van der Waals surface area contributed by atoms with Crippen molar-refractivity contribution in [2.75, 3.05) is 33.4 Å². The first-order valence-corrected chi connectivity index (χ1v) is 12.9. The lowest BCUT2D eigenvalue weighted by Gasteiger charge is -2.33. The number of fused-ring (bicyclic) bond motifs is 1. The fraction of sp³-hybridized carbons (Fsp3) is 0.483. The zero-order valence-electron chi connectivity index (χ0n) is 21.8. The maximum atomic E-state index is 13.6. The Morgan fingerprint density at radius 3 is 2.61 bits per heavy atom. The maximum Gasteiger partial charge on any atom is 0.256 e. The van der Waals surface area contributed by atoms with Crippen molar-refractivity contribution in [1.82, 2.24) is 9.47 Å². The van der Waals surface area contributed by atoms with Crippen LogP contribution in [0.25, 0.3) is 10.9 Å². The minimum absolute atomic E-state index is 0. The van der Waals surface area contributed by atoms with Crippen LogP contribution in [0.4, 0.5) is 0 Å². The summed E-state index contributed by atoms with van der Waals surface area (Å²) in [6, 6.07) is 12.5. The van der Waals surface area contributed by atoms with E-state index in [1.165, 1.54) is 11.1 Å². The molecule has 4 rings (SSSR count). The first kappa shape index (κ1) is 28.0. The van der Waals surface area contributed by atoms with Gasteiger partial charge in [-0.15, -0.1) is 12.4 Å². The lowest BCUT2D eigenvalue weighted by atomic mass is 9.87. The normalized spacial score (nSPS) is 14.2. The molecule has 0 spiro atoms. The van der Waals surface area contributed by atoms with Gasteiger partial charge < -0.3 is 24.7 Å². The number of methoxy groups -OCH3 is 1. The maximum absolute atomic E-state index is 13.6. The second kappa shape index (κ2) is 13.1. The first-order valence-electron chi connectivity index (χ1n) is 12.9. The molecule has 0 unspecified atom stereocenters. The molecule has 36 heavy (non-hydrogen) atoms. The fourth-order valence-corrected chi connectivity index (χ4v) is 5.15. The summed E-state index contributed by atoms with van der Waals surface area (Å²) in [6.07, 6.45) is 6.01. The Balaban J connectivity index is 0.00000361. The van der Waals surface area contributed by atoms with E-state index in [0.717, 1.165) is 79.7 Å². The van der Waals surface area contributed by atoms with Gasteiger partial charge in [0.25, 0.3) is 5.91 Å². The zero-order chi connectivity index (χ0) is 24.8. The van der Waals surface area contributed by atoms with Gasteiger partial charge in [-0.3, -0.25) is 4.79 Å². The molecular weight excluding hydrogens is 474 g/mol. The number of piperidine rings is 1. The number of carbonyl (C=O) groups is 1. The average molecular weight is 514 g/mol. The molecule has 3 aromatic rings. The number of nitrogens with two attached hydrogens (primary N) is 1. The van der Waals surface area contributed by atoms with E-state index in [9.17, 15) is 4.79 Å². The van der Waals surface area contributed by atoms with Crippen LogP contribution in [0.15, 0.2) is 42.6 Å². The van der Waals surface area contributed by atoms with E-state index in [0.29, 0.717) is 19.1 Å². The molecule has 1 aliphatic heterocycles. The van der Waals surface area contributed by atoms with Crippen LogP contribution in [0.1, 0.15) is 65.6 Å². The van der Waals surface area contributed by atoms with Gasteiger partial charge in [-0.1, -0.05) is 43.7 Å². The molecular formula is C29H40ClN3O3. The van der Waals surface area contributed by atoms with Crippen LogP contribution in [0, 0.1) is 6.92 Å². The highest BCUT2D eigenvalue weighted by Gasteiger charge is 2.28. The third kappa shape index (κ3) is 6.05. The van der Waals surface area contributed by atoms with E-state index >= 15 is 0 Å². The predicted octanol–water partition coefficient (Wildman–Crippen LogP) is 5.68. The number of hydrogen-bond acceptors (Lipinski definition) is 4.